The van der Waals surface area contributed by atoms with E-state index in [0.717, 1.165) is 5.69 Å². The van der Waals surface area contributed by atoms with Crippen LogP contribution in [0.15, 0.2) is 17.2 Å². The number of amides is 1. The molecule has 4 heterocycles. The fraction of sp³-hybridized carbons (Fsp3) is 0.412. The lowest BCUT2D eigenvalue weighted by atomic mass is 10.1. The number of thiophene rings is 1. The highest BCUT2D eigenvalue weighted by molar-refractivity contribution is 7.20. The van der Waals surface area contributed by atoms with Crippen molar-refractivity contribution in [1.29, 1.82) is 0 Å². The lowest BCUT2D eigenvalue weighted by molar-refractivity contribution is 0.0710. The van der Waals surface area contributed by atoms with E-state index in [1.165, 1.54) is 17.7 Å². The quantitative estimate of drug-likeness (QED) is 0.725. The summed E-state index contributed by atoms with van der Waals surface area (Å²) < 4.78 is 1.85. The average molecular weight is 373 g/mol. The maximum absolute atomic E-state index is 13.0. The third kappa shape index (κ3) is 2.63. The van der Waals surface area contributed by atoms with Gasteiger partial charge in [0.15, 0.2) is 0 Å². The topological polar surface area (TPSA) is 104 Å². The number of aromatic nitrogens is 4. The monoisotopic (exact) mass is 373 g/mol. The van der Waals surface area contributed by atoms with Gasteiger partial charge in [-0.3, -0.25) is 14.3 Å². The van der Waals surface area contributed by atoms with Gasteiger partial charge in [-0.05, 0) is 25.0 Å². The molecule has 0 radical (unpaired) electrons. The molecular formula is C17H19N5O3S. The molecule has 26 heavy (non-hydrogen) atoms. The van der Waals surface area contributed by atoms with Gasteiger partial charge in [0, 0.05) is 6.54 Å². The maximum atomic E-state index is 13.0. The second kappa shape index (κ2) is 6.33. The Labute approximate surface area is 153 Å². The lowest BCUT2D eigenvalue weighted by Crippen LogP contribution is -2.38. The van der Waals surface area contributed by atoms with Crippen molar-refractivity contribution >= 4 is 27.5 Å². The van der Waals surface area contributed by atoms with E-state index < -0.39 is 6.10 Å². The highest BCUT2D eigenvalue weighted by Crippen LogP contribution is 2.29. The summed E-state index contributed by atoms with van der Waals surface area (Å²) in [6.45, 7) is 5.23. The van der Waals surface area contributed by atoms with Gasteiger partial charge < -0.3 is 15.0 Å². The highest BCUT2D eigenvalue weighted by Gasteiger charge is 2.27. The van der Waals surface area contributed by atoms with E-state index in [1.807, 2.05) is 17.7 Å². The molecule has 0 saturated carbocycles. The number of nitrogens with one attached hydrogen (secondary N) is 1. The summed E-state index contributed by atoms with van der Waals surface area (Å²) in [6, 6.07) is 1.86. The Kier molecular flexibility index (Phi) is 4.12. The first-order valence-electron chi connectivity index (χ1n) is 8.50. The number of rotatable bonds is 3. The molecule has 1 amide bonds. The fourth-order valence-electron chi connectivity index (χ4n) is 3.26. The van der Waals surface area contributed by atoms with Crippen molar-refractivity contribution in [3.63, 3.8) is 0 Å². The van der Waals surface area contributed by atoms with E-state index >= 15 is 0 Å². The van der Waals surface area contributed by atoms with Gasteiger partial charge in [-0.2, -0.15) is 5.10 Å². The summed E-state index contributed by atoms with van der Waals surface area (Å²) >= 11 is 1.25. The van der Waals surface area contributed by atoms with Crippen LogP contribution >= 0.6 is 11.3 Å². The summed E-state index contributed by atoms with van der Waals surface area (Å²) in [4.78, 5) is 34.7. The molecule has 0 fully saturated rings. The Morgan fingerprint density at radius 2 is 2.27 bits per heavy atom. The molecule has 8 nitrogen and oxygen atoms in total. The third-order valence-electron chi connectivity index (χ3n) is 4.76. The van der Waals surface area contributed by atoms with Gasteiger partial charge in [0.2, 0.25) is 0 Å². The Morgan fingerprint density at radius 3 is 3.00 bits per heavy atom. The number of aromatic amines is 1. The molecule has 3 aromatic heterocycles. The first kappa shape index (κ1) is 16.9. The van der Waals surface area contributed by atoms with Gasteiger partial charge in [-0.25, -0.2) is 4.98 Å². The zero-order valence-corrected chi connectivity index (χ0v) is 15.3. The number of nitrogens with zero attached hydrogens (tertiary/aromatic N) is 4. The molecule has 4 rings (SSSR count). The van der Waals surface area contributed by atoms with E-state index in [0.29, 0.717) is 52.4 Å². The minimum atomic E-state index is -0.583. The molecule has 1 atom stereocenters. The Hall–Kier alpha value is -2.52. The first-order chi connectivity index (χ1) is 12.5. The Balaban J connectivity index is 1.64. The zero-order valence-electron chi connectivity index (χ0n) is 14.5. The fourth-order valence-corrected chi connectivity index (χ4v) is 4.38. The molecule has 0 saturated heterocycles. The summed E-state index contributed by atoms with van der Waals surface area (Å²) in [7, 11) is 0. The van der Waals surface area contributed by atoms with Crippen LogP contribution in [0.25, 0.3) is 10.2 Å². The number of aryl methyl sites for hydroxylation is 1. The van der Waals surface area contributed by atoms with Crippen molar-refractivity contribution in [3.05, 3.63) is 44.6 Å². The molecule has 3 aromatic rings. The maximum Gasteiger partial charge on any atom is 0.264 e. The van der Waals surface area contributed by atoms with Crippen LogP contribution < -0.4 is 5.56 Å². The summed E-state index contributed by atoms with van der Waals surface area (Å²) in [5, 5.41) is 14.9. The SMILES string of the molecule is CC[C@H](O)c1cc2n(n1)CCN(C(=O)c1sc3nc[nH]c(=O)c3c1C)C2. The predicted molar refractivity (Wildman–Crippen MR) is 97.2 cm³/mol. The molecule has 2 N–H and O–H groups in total. The minimum absolute atomic E-state index is 0.102. The normalized spacial score (nSPS) is 15.3. The summed E-state index contributed by atoms with van der Waals surface area (Å²) in [6.07, 6.45) is 1.37. The van der Waals surface area contributed by atoms with E-state index in [2.05, 4.69) is 15.1 Å². The summed E-state index contributed by atoms with van der Waals surface area (Å²) in [5.41, 5.74) is 2.00. The molecular weight excluding hydrogens is 354 g/mol. The van der Waals surface area contributed by atoms with Gasteiger partial charge >= 0.3 is 0 Å². The second-order valence-corrected chi connectivity index (χ2v) is 7.40. The zero-order chi connectivity index (χ0) is 18.4. The van der Waals surface area contributed by atoms with E-state index in [4.69, 9.17) is 0 Å². The minimum Gasteiger partial charge on any atom is -0.387 e. The molecule has 9 heteroatoms. The number of fused-ring (bicyclic) bond motifs is 2. The van der Waals surface area contributed by atoms with E-state index in [-0.39, 0.29) is 11.5 Å². The molecule has 136 valence electrons. The van der Waals surface area contributed by atoms with Crippen LogP contribution in [0.1, 0.15) is 46.1 Å². The summed E-state index contributed by atoms with van der Waals surface area (Å²) in [5.74, 6) is -0.102. The molecule has 1 aliphatic rings. The van der Waals surface area contributed by atoms with E-state index in [1.54, 1.807) is 11.8 Å². The van der Waals surface area contributed by atoms with E-state index in [9.17, 15) is 14.7 Å². The average Bonchev–Trinajstić information content (AvgIpc) is 3.21. The van der Waals surface area contributed by atoms with Crippen molar-refractivity contribution in [2.24, 2.45) is 0 Å². The van der Waals surface area contributed by atoms with Crippen LogP contribution in [0.5, 0.6) is 0 Å². The number of aliphatic hydroxyl groups excluding tert-OH is 1. The highest BCUT2D eigenvalue weighted by atomic mass is 32.1. The molecule has 0 spiro atoms. The van der Waals surface area contributed by atoms with Crippen LogP contribution in [0.2, 0.25) is 0 Å². The molecule has 0 aliphatic carbocycles. The smallest absolute Gasteiger partial charge is 0.264 e. The first-order valence-corrected chi connectivity index (χ1v) is 9.32. The van der Waals surface area contributed by atoms with Crippen LogP contribution in [0, 0.1) is 6.92 Å². The largest absolute Gasteiger partial charge is 0.387 e. The van der Waals surface area contributed by atoms with Gasteiger partial charge in [0.05, 0.1) is 47.2 Å². The van der Waals surface area contributed by atoms with Crippen molar-refractivity contribution in [2.75, 3.05) is 6.54 Å². The Morgan fingerprint density at radius 1 is 1.46 bits per heavy atom. The number of hydrogen-bond acceptors (Lipinski definition) is 6. The number of carbonyl (C=O) groups is 1. The predicted octanol–water partition coefficient (Wildman–Crippen LogP) is 1.59. The number of carbonyl (C=O) groups excluding carboxylic acids is 1. The van der Waals surface area contributed by atoms with Crippen LogP contribution in [0.4, 0.5) is 0 Å². The molecule has 0 aromatic carbocycles. The lowest BCUT2D eigenvalue weighted by Gasteiger charge is -2.27. The van der Waals surface area contributed by atoms with Gasteiger partial charge in [0.25, 0.3) is 11.5 Å². The second-order valence-electron chi connectivity index (χ2n) is 6.40. The number of H-pyrrole nitrogens is 1. The van der Waals surface area contributed by atoms with Crippen LogP contribution in [0.3, 0.4) is 0 Å². The molecule has 0 bridgehead atoms. The van der Waals surface area contributed by atoms with Crippen molar-refractivity contribution in [2.45, 2.75) is 39.5 Å². The standard InChI is InChI=1S/C17H19N5O3S/c1-3-12(23)11-6-10-7-21(4-5-22(10)20-11)17(25)14-9(2)13-15(24)18-8-19-16(13)26-14/h6,8,12,23H,3-5,7H2,1-2H3,(H,18,19,24)/t12-/m0/s1. The Bertz CT molecular complexity index is 1050. The number of hydrogen-bond donors (Lipinski definition) is 2. The van der Waals surface area contributed by atoms with Gasteiger partial charge in [-0.15, -0.1) is 11.3 Å². The van der Waals surface area contributed by atoms with Gasteiger partial charge in [-0.1, -0.05) is 6.92 Å². The van der Waals surface area contributed by atoms with Gasteiger partial charge in [0.1, 0.15) is 4.83 Å². The van der Waals surface area contributed by atoms with Crippen molar-refractivity contribution in [3.8, 4) is 0 Å². The van der Waals surface area contributed by atoms with Crippen molar-refractivity contribution < 1.29 is 9.90 Å². The molecule has 1 aliphatic heterocycles. The van der Waals surface area contributed by atoms with Crippen LogP contribution in [-0.4, -0.2) is 42.2 Å². The number of aliphatic hydroxyl groups is 1. The van der Waals surface area contributed by atoms with Crippen molar-refractivity contribution in [1.82, 2.24) is 24.6 Å². The third-order valence-corrected chi connectivity index (χ3v) is 5.95. The molecule has 0 unspecified atom stereocenters. The van der Waals surface area contributed by atoms with Crippen LogP contribution in [-0.2, 0) is 13.1 Å².